The fourth-order valence-electron chi connectivity index (χ4n) is 2.87. The number of rotatable bonds is 5. The molecule has 0 saturated carbocycles. The van der Waals surface area contributed by atoms with Crippen LogP contribution in [0.1, 0.15) is 32.3 Å². The summed E-state index contributed by atoms with van der Waals surface area (Å²) in [5, 5.41) is 2.69. The summed E-state index contributed by atoms with van der Waals surface area (Å²) in [5.41, 5.74) is 1.99. The second-order valence-corrected chi connectivity index (χ2v) is 6.18. The van der Waals surface area contributed by atoms with Gasteiger partial charge in [-0.15, -0.1) is 0 Å². The number of benzene rings is 1. The highest BCUT2D eigenvalue weighted by atomic mass is 16.2. The zero-order chi connectivity index (χ0) is 17.7. The normalized spacial score (nSPS) is 16.0. The number of nitrogens with one attached hydrogen (secondary N) is 1. The van der Waals surface area contributed by atoms with Crippen LogP contribution in [0, 0.1) is 6.92 Å². The molecule has 6 heteroatoms. The topological polar surface area (TPSA) is 69.7 Å². The third-order valence-corrected chi connectivity index (χ3v) is 4.13. The smallest absolute Gasteiger partial charge is 0.246 e. The maximum absolute atomic E-state index is 12.6. The number of hydrogen-bond donors (Lipinski definition) is 1. The molecule has 0 aliphatic carbocycles. The van der Waals surface area contributed by atoms with Gasteiger partial charge >= 0.3 is 0 Å². The van der Waals surface area contributed by atoms with Crippen LogP contribution in [-0.2, 0) is 14.4 Å². The van der Waals surface area contributed by atoms with Gasteiger partial charge in [-0.2, -0.15) is 0 Å². The number of nitrogens with zero attached hydrogens (tertiary/aromatic N) is 2. The lowest BCUT2D eigenvalue weighted by Crippen LogP contribution is -2.57. The van der Waals surface area contributed by atoms with E-state index in [1.807, 2.05) is 38.1 Å². The summed E-state index contributed by atoms with van der Waals surface area (Å²) >= 11 is 0. The highest BCUT2D eigenvalue weighted by Crippen LogP contribution is 2.18. The van der Waals surface area contributed by atoms with E-state index in [-0.39, 0.29) is 24.3 Å². The van der Waals surface area contributed by atoms with E-state index in [0.717, 1.165) is 17.7 Å². The number of carbonyl (C=O) groups is 3. The molecule has 6 nitrogen and oxygen atoms in total. The maximum atomic E-state index is 12.6. The highest BCUT2D eigenvalue weighted by molar-refractivity contribution is 5.99. The first-order valence-electron chi connectivity index (χ1n) is 8.35. The van der Waals surface area contributed by atoms with Crippen molar-refractivity contribution in [3.05, 3.63) is 29.8 Å². The van der Waals surface area contributed by atoms with Crippen LogP contribution in [-0.4, -0.2) is 48.3 Å². The molecule has 2 rings (SSSR count). The van der Waals surface area contributed by atoms with Crippen LogP contribution in [0.25, 0.3) is 0 Å². The summed E-state index contributed by atoms with van der Waals surface area (Å²) in [6.07, 6.45) is 1.36. The van der Waals surface area contributed by atoms with Gasteiger partial charge in [0.15, 0.2) is 0 Å². The molecule has 0 aromatic heterocycles. The third kappa shape index (κ3) is 4.34. The van der Waals surface area contributed by atoms with E-state index < -0.39 is 6.04 Å². The lowest BCUT2D eigenvalue weighted by Gasteiger charge is -2.36. The Bertz CT molecular complexity index is 612. The molecule has 0 spiro atoms. The van der Waals surface area contributed by atoms with Gasteiger partial charge < -0.3 is 15.1 Å². The van der Waals surface area contributed by atoms with Crippen molar-refractivity contribution < 1.29 is 14.4 Å². The van der Waals surface area contributed by atoms with Crippen LogP contribution in [0.4, 0.5) is 5.69 Å². The Morgan fingerprint density at radius 3 is 2.42 bits per heavy atom. The SMILES string of the molecule is CCC[C@@H](NC(C)=O)C(=O)N1CCN(c2ccc(C)cc2)C(=O)C1. The standard InChI is InChI=1S/C18H25N3O3/c1-4-5-16(19-14(3)22)18(24)20-10-11-21(17(23)12-20)15-8-6-13(2)7-9-15/h6-9,16H,4-5,10-12H2,1-3H3,(H,19,22)/t16-/m1/s1. The fraction of sp³-hybridized carbons (Fsp3) is 0.500. The van der Waals surface area contributed by atoms with Gasteiger partial charge in [0.1, 0.15) is 12.6 Å². The first-order valence-corrected chi connectivity index (χ1v) is 8.35. The summed E-state index contributed by atoms with van der Waals surface area (Å²) < 4.78 is 0. The Labute approximate surface area is 142 Å². The Morgan fingerprint density at radius 2 is 1.88 bits per heavy atom. The third-order valence-electron chi connectivity index (χ3n) is 4.13. The first-order chi connectivity index (χ1) is 11.4. The average molecular weight is 331 g/mol. The van der Waals surface area contributed by atoms with Crippen molar-refractivity contribution in [3.8, 4) is 0 Å². The summed E-state index contributed by atoms with van der Waals surface area (Å²) in [4.78, 5) is 39.6. The molecule has 1 aliphatic rings. The maximum Gasteiger partial charge on any atom is 0.246 e. The predicted molar refractivity (Wildman–Crippen MR) is 92.6 cm³/mol. The number of aryl methyl sites for hydroxylation is 1. The van der Waals surface area contributed by atoms with Gasteiger partial charge in [-0.1, -0.05) is 31.0 Å². The Balaban J connectivity index is 2.03. The molecule has 0 unspecified atom stereocenters. The van der Waals surface area contributed by atoms with E-state index >= 15 is 0 Å². The van der Waals surface area contributed by atoms with E-state index in [4.69, 9.17) is 0 Å². The second kappa shape index (κ2) is 7.95. The van der Waals surface area contributed by atoms with E-state index in [0.29, 0.717) is 19.5 Å². The number of anilines is 1. The summed E-state index contributed by atoms with van der Waals surface area (Å²) in [5.74, 6) is -0.507. The van der Waals surface area contributed by atoms with Gasteiger partial charge in [0.05, 0.1) is 0 Å². The monoisotopic (exact) mass is 331 g/mol. The number of amides is 3. The molecular weight excluding hydrogens is 306 g/mol. The van der Waals surface area contributed by atoms with Crippen LogP contribution in [0.2, 0.25) is 0 Å². The molecule has 1 N–H and O–H groups in total. The predicted octanol–water partition coefficient (Wildman–Crippen LogP) is 1.48. The lowest BCUT2D eigenvalue weighted by atomic mass is 10.1. The molecule has 1 saturated heterocycles. The van der Waals surface area contributed by atoms with Gasteiger partial charge in [0.25, 0.3) is 0 Å². The van der Waals surface area contributed by atoms with Crippen LogP contribution < -0.4 is 10.2 Å². The summed E-state index contributed by atoms with van der Waals surface area (Å²) in [7, 11) is 0. The molecule has 130 valence electrons. The van der Waals surface area contributed by atoms with Crippen molar-refractivity contribution in [2.24, 2.45) is 0 Å². The molecule has 0 radical (unpaired) electrons. The summed E-state index contributed by atoms with van der Waals surface area (Å²) in [6.45, 7) is 6.34. The number of hydrogen-bond acceptors (Lipinski definition) is 3. The molecule has 1 fully saturated rings. The van der Waals surface area contributed by atoms with Crippen LogP contribution >= 0.6 is 0 Å². The minimum absolute atomic E-state index is 0.0481. The zero-order valence-electron chi connectivity index (χ0n) is 14.5. The van der Waals surface area contributed by atoms with Crippen molar-refractivity contribution in [3.63, 3.8) is 0 Å². The van der Waals surface area contributed by atoms with Crippen molar-refractivity contribution in [1.82, 2.24) is 10.2 Å². The van der Waals surface area contributed by atoms with Crippen LogP contribution in [0.15, 0.2) is 24.3 Å². The van der Waals surface area contributed by atoms with Crippen molar-refractivity contribution in [2.45, 2.75) is 39.7 Å². The highest BCUT2D eigenvalue weighted by Gasteiger charge is 2.31. The summed E-state index contributed by atoms with van der Waals surface area (Å²) in [6, 6.07) is 7.22. The van der Waals surface area contributed by atoms with Crippen molar-refractivity contribution in [1.29, 1.82) is 0 Å². The molecule has 1 aromatic carbocycles. The van der Waals surface area contributed by atoms with Gasteiger partial charge in [0, 0.05) is 25.7 Å². The van der Waals surface area contributed by atoms with Gasteiger partial charge in [-0.25, -0.2) is 0 Å². The van der Waals surface area contributed by atoms with Crippen LogP contribution in [0.5, 0.6) is 0 Å². The minimum Gasteiger partial charge on any atom is -0.345 e. The zero-order valence-corrected chi connectivity index (χ0v) is 14.5. The van der Waals surface area contributed by atoms with E-state index in [1.165, 1.54) is 6.92 Å². The van der Waals surface area contributed by atoms with E-state index in [9.17, 15) is 14.4 Å². The van der Waals surface area contributed by atoms with Gasteiger partial charge in [-0.3, -0.25) is 14.4 Å². The number of carbonyl (C=O) groups excluding carboxylic acids is 3. The molecule has 0 bridgehead atoms. The Morgan fingerprint density at radius 1 is 1.21 bits per heavy atom. The number of piperazine rings is 1. The van der Waals surface area contributed by atoms with Gasteiger partial charge in [0.2, 0.25) is 17.7 Å². The van der Waals surface area contributed by atoms with E-state index in [2.05, 4.69) is 5.32 Å². The molecule has 1 atom stereocenters. The van der Waals surface area contributed by atoms with Crippen LogP contribution in [0.3, 0.4) is 0 Å². The van der Waals surface area contributed by atoms with Crippen molar-refractivity contribution in [2.75, 3.05) is 24.5 Å². The molecule has 24 heavy (non-hydrogen) atoms. The molecule has 1 aromatic rings. The molecule has 3 amide bonds. The Hall–Kier alpha value is -2.37. The molecule has 1 heterocycles. The van der Waals surface area contributed by atoms with Crippen molar-refractivity contribution >= 4 is 23.4 Å². The van der Waals surface area contributed by atoms with E-state index in [1.54, 1.807) is 9.80 Å². The molecule has 1 aliphatic heterocycles. The lowest BCUT2D eigenvalue weighted by molar-refractivity contribution is -0.140. The average Bonchev–Trinajstić information content (AvgIpc) is 2.54. The fourth-order valence-corrected chi connectivity index (χ4v) is 2.87. The largest absolute Gasteiger partial charge is 0.345 e. The van der Waals surface area contributed by atoms with Gasteiger partial charge in [-0.05, 0) is 25.5 Å². The molecular formula is C18H25N3O3. The Kier molecular flexibility index (Phi) is 5.95. The first kappa shape index (κ1) is 18.0. The second-order valence-electron chi connectivity index (χ2n) is 6.18. The minimum atomic E-state index is -0.550. The quantitative estimate of drug-likeness (QED) is 0.888.